The van der Waals surface area contributed by atoms with Crippen molar-refractivity contribution in [1.82, 2.24) is 16.5 Å². The predicted octanol–water partition coefficient (Wildman–Crippen LogP) is -1.02. The van der Waals surface area contributed by atoms with Gasteiger partial charge in [-0.15, -0.1) is 5.84 Å². The summed E-state index contributed by atoms with van der Waals surface area (Å²) in [6.07, 6.45) is 1.67. The van der Waals surface area contributed by atoms with Gasteiger partial charge in [-0.05, 0) is 6.07 Å². The molecular formula is C7H7N4. The lowest BCUT2D eigenvalue weighted by molar-refractivity contribution is 0.289. The molecule has 0 aromatic heterocycles. The van der Waals surface area contributed by atoms with Gasteiger partial charge in [0.05, 0.1) is 11.6 Å². The molecule has 0 spiro atoms. The monoisotopic (exact) mass is 147 g/mol. The summed E-state index contributed by atoms with van der Waals surface area (Å²) in [6, 6.07) is 7.65. The smallest absolute Gasteiger partial charge is 0.0938 e. The molecule has 0 bridgehead atoms. The Labute approximate surface area is 63.6 Å². The van der Waals surface area contributed by atoms with E-state index in [0.29, 0.717) is 0 Å². The van der Waals surface area contributed by atoms with E-state index >= 15 is 0 Å². The molecule has 0 saturated heterocycles. The number of hydrogen-bond donors (Lipinski definition) is 1. The van der Waals surface area contributed by atoms with Crippen LogP contribution in [0.5, 0.6) is 0 Å². The summed E-state index contributed by atoms with van der Waals surface area (Å²) in [6.45, 7) is 0. The molecular weight excluding hydrogens is 140 g/mol. The third-order valence-corrected chi connectivity index (χ3v) is 1.48. The standard InChI is InChI=1S/C7H7N4/c8-11-5-6-3-1-2-4-7(6)9-10-11/h1-5,8,10H. The zero-order chi connectivity index (χ0) is 7.68. The Kier molecular flexibility index (Phi) is 1.26. The summed E-state index contributed by atoms with van der Waals surface area (Å²) in [4.78, 5) is 0. The van der Waals surface area contributed by atoms with Crippen LogP contribution in [-0.4, -0.2) is 5.12 Å². The first kappa shape index (κ1) is 6.18. The highest BCUT2D eigenvalue weighted by atomic mass is 15.8. The Balaban J connectivity index is 2.73. The molecule has 0 fully saturated rings. The second kappa shape index (κ2) is 2.25. The van der Waals surface area contributed by atoms with Crippen LogP contribution < -0.4 is 22.0 Å². The summed E-state index contributed by atoms with van der Waals surface area (Å²) in [5.41, 5.74) is 2.51. The molecule has 0 unspecified atom stereocenters. The number of hydrazine groups is 1. The number of para-hydroxylation sites is 1. The molecule has 2 N–H and O–H groups in total. The van der Waals surface area contributed by atoms with E-state index in [9.17, 15) is 0 Å². The summed E-state index contributed by atoms with van der Waals surface area (Å²) < 4.78 is 0. The summed E-state index contributed by atoms with van der Waals surface area (Å²) in [5, 5.41) is 6.83. The topological polar surface area (TPSA) is 51.4 Å². The van der Waals surface area contributed by atoms with Gasteiger partial charge in [-0.2, -0.15) is 10.2 Å². The molecule has 11 heavy (non-hydrogen) atoms. The van der Waals surface area contributed by atoms with Crippen LogP contribution in [0.2, 0.25) is 0 Å². The highest BCUT2D eigenvalue weighted by Gasteiger charge is 1.95. The maximum absolute atomic E-state index is 7.18. The number of nitrogens with one attached hydrogen (secondary N) is 2. The van der Waals surface area contributed by atoms with Crippen LogP contribution in [0.15, 0.2) is 29.4 Å². The van der Waals surface area contributed by atoms with E-state index in [-0.39, 0.29) is 0 Å². The molecule has 0 amide bonds. The lowest BCUT2D eigenvalue weighted by atomic mass is 10.3. The number of nitrogens with zero attached hydrogens (tertiary/aromatic N) is 2. The van der Waals surface area contributed by atoms with Gasteiger partial charge in [-0.3, -0.25) is 0 Å². The van der Waals surface area contributed by atoms with Crippen molar-refractivity contribution >= 4 is 6.20 Å². The molecule has 0 aliphatic carbocycles. The van der Waals surface area contributed by atoms with Gasteiger partial charge in [0.25, 0.3) is 0 Å². The molecule has 2 rings (SSSR count). The minimum absolute atomic E-state index is 0.871. The first-order valence-electron chi connectivity index (χ1n) is 3.27. The molecule has 1 aromatic carbocycles. The van der Waals surface area contributed by atoms with Gasteiger partial charge < -0.3 is 0 Å². The molecule has 0 atom stereocenters. The Hall–Kier alpha value is -1.55. The fraction of sp³-hybridized carbons (Fsp3) is 0. The first-order chi connectivity index (χ1) is 5.36. The minimum atomic E-state index is 0.871. The SMILES string of the molecule is [NH]N1C=c2ccccc2=NN1. The van der Waals surface area contributed by atoms with Crippen LogP contribution in [-0.2, 0) is 0 Å². The minimum Gasteiger partial charge on any atom is -0.202 e. The first-order valence-corrected chi connectivity index (χ1v) is 3.27. The maximum atomic E-state index is 7.18. The number of rotatable bonds is 0. The fourth-order valence-electron chi connectivity index (χ4n) is 0.974. The molecule has 1 aliphatic rings. The molecule has 4 heteroatoms. The van der Waals surface area contributed by atoms with E-state index < -0.39 is 0 Å². The van der Waals surface area contributed by atoms with Crippen molar-refractivity contribution in [2.75, 3.05) is 0 Å². The third kappa shape index (κ3) is 1.03. The van der Waals surface area contributed by atoms with Gasteiger partial charge in [-0.25, -0.2) is 5.53 Å². The molecule has 4 nitrogen and oxygen atoms in total. The Morgan fingerprint density at radius 2 is 2.18 bits per heavy atom. The zero-order valence-corrected chi connectivity index (χ0v) is 5.78. The van der Waals surface area contributed by atoms with Crippen molar-refractivity contribution < 1.29 is 0 Å². The number of benzene rings is 1. The lowest BCUT2D eigenvalue weighted by Crippen LogP contribution is -2.41. The molecule has 1 aliphatic heterocycles. The quantitative estimate of drug-likeness (QED) is 0.510. The van der Waals surface area contributed by atoms with Crippen molar-refractivity contribution in [3.05, 3.63) is 34.8 Å². The van der Waals surface area contributed by atoms with Crippen LogP contribution in [0.4, 0.5) is 0 Å². The van der Waals surface area contributed by atoms with Crippen molar-refractivity contribution in [2.45, 2.75) is 0 Å². The maximum Gasteiger partial charge on any atom is 0.0938 e. The second-order valence-corrected chi connectivity index (χ2v) is 2.27. The van der Waals surface area contributed by atoms with Crippen LogP contribution >= 0.6 is 0 Å². The Bertz CT molecular complexity index is 370. The van der Waals surface area contributed by atoms with Gasteiger partial charge in [0.15, 0.2) is 0 Å². The second-order valence-electron chi connectivity index (χ2n) is 2.27. The third-order valence-electron chi connectivity index (χ3n) is 1.48. The fourth-order valence-corrected chi connectivity index (χ4v) is 0.974. The van der Waals surface area contributed by atoms with E-state index in [1.807, 2.05) is 24.3 Å². The van der Waals surface area contributed by atoms with Crippen molar-refractivity contribution in [2.24, 2.45) is 5.10 Å². The summed E-state index contributed by atoms with van der Waals surface area (Å²) >= 11 is 0. The normalized spacial score (nSPS) is 14.1. The highest BCUT2D eigenvalue weighted by Crippen LogP contribution is 1.78. The Morgan fingerprint density at radius 3 is 3.09 bits per heavy atom. The largest absolute Gasteiger partial charge is 0.202 e. The van der Waals surface area contributed by atoms with Crippen LogP contribution in [0.1, 0.15) is 0 Å². The van der Waals surface area contributed by atoms with E-state index in [4.69, 9.17) is 5.84 Å². The zero-order valence-electron chi connectivity index (χ0n) is 5.78. The van der Waals surface area contributed by atoms with Crippen LogP contribution in [0.3, 0.4) is 0 Å². The molecule has 55 valence electrons. The van der Waals surface area contributed by atoms with Gasteiger partial charge in [0, 0.05) is 5.22 Å². The molecule has 1 heterocycles. The average molecular weight is 147 g/mol. The summed E-state index contributed by atoms with van der Waals surface area (Å²) in [7, 11) is 0. The van der Waals surface area contributed by atoms with Gasteiger partial charge >= 0.3 is 0 Å². The van der Waals surface area contributed by atoms with E-state index in [1.165, 1.54) is 0 Å². The van der Waals surface area contributed by atoms with E-state index in [2.05, 4.69) is 10.6 Å². The molecule has 1 aromatic rings. The average Bonchev–Trinajstić information content (AvgIpc) is 2.04. The Morgan fingerprint density at radius 1 is 1.36 bits per heavy atom. The van der Waals surface area contributed by atoms with E-state index in [1.54, 1.807) is 6.20 Å². The van der Waals surface area contributed by atoms with E-state index in [0.717, 1.165) is 15.7 Å². The van der Waals surface area contributed by atoms with Gasteiger partial charge in [0.1, 0.15) is 0 Å². The van der Waals surface area contributed by atoms with Gasteiger partial charge in [0.2, 0.25) is 0 Å². The number of hydrogen-bond acceptors (Lipinski definition) is 3. The van der Waals surface area contributed by atoms with Crippen LogP contribution in [0, 0.1) is 0 Å². The molecule has 1 radical (unpaired) electrons. The summed E-state index contributed by atoms with van der Waals surface area (Å²) in [5.74, 6) is 7.18. The van der Waals surface area contributed by atoms with Crippen molar-refractivity contribution in [1.29, 1.82) is 0 Å². The van der Waals surface area contributed by atoms with Crippen molar-refractivity contribution in [3.8, 4) is 0 Å². The highest BCUT2D eigenvalue weighted by molar-refractivity contribution is 5.21. The van der Waals surface area contributed by atoms with Crippen LogP contribution in [0.25, 0.3) is 6.20 Å². The lowest BCUT2D eigenvalue weighted by Gasteiger charge is -2.12. The number of fused-ring (bicyclic) bond motifs is 1. The molecule has 0 saturated carbocycles. The van der Waals surface area contributed by atoms with Crippen molar-refractivity contribution in [3.63, 3.8) is 0 Å². The predicted molar refractivity (Wildman–Crippen MR) is 39.8 cm³/mol. The van der Waals surface area contributed by atoms with Gasteiger partial charge in [-0.1, -0.05) is 18.2 Å².